The molecule has 0 aliphatic rings. The van der Waals surface area contributed by atoms with Gasteiger partial charge in [-0.3, -0.25) is 15.5 Å². The minimum absolute atomic E-state index is 0.0560. The molecule has 8 nitrogen and oxygen atoms in total. The number of nitro groups is 1. The normalized spacial score (nSPS) is 10.2. The number of nitrogens with zero attached hydrogens (tertiary/aromatic N) is 3. The number of aromatic nitrogens is 2. The molecule has 1 aromatic heterocycles. The van der Waals surface area contributed by atoms with Crippen molar-refractivity contribution in [1.82, 2.24) is 9.97 Å². The summed E-state index contributed by atoms with van der Waals surface area (Å²) in [7, 11) is 0. The van der Waals surface area contributed by atoms with E-state index in [2.05, 4.69) is 15.4 Å². The van der Waals surface area contributed by atoms with Gasteiger partial charge in [-0.25, -0.2) is 10.8 Å². The van der Waals surface area contributed by atoms with Crippen molar-refractivity contribution in [1.29, 1.82) is 0 Å². The summed E-state index contributed by atoms with van der Waals surface area (Å²) in [4.78, 5) is 17.3. The van der Waals surface area contributed by atoms with E-state index in [9.17, 15) is 14.5 Å². The Bertz CT molecular complexity index is 669. The molecule has 2 aromatic rings. The lowest BCUT2D eigenvalue weighted by atomic mass is 10.3. The molecule has 104 valence electrons. The van der Waals surface area contributed by atoms with Crippen LogP contribution >= 0.6 is 11.6 Å². The number of rotatable bonds is 4. The number of nitrogens with two attached hydrogens (primary N) is 1. The molecule has 0 atom stereocenters. The third-order valence-corrected chi connectivity index (χ3v) is 2.48. The van der Waals surface area contributed by atoms with Crippen LogP contribution < -0.4 is 16.0 Å². The Kier molecular flexibility index (Phi) is 3.91. The summed E-state index contributed by atoms with van der Waals surface area (Å²) in [6.45, 7) is 0. The number of nitrogen functional groups attached to an aromatic ring is 1. The quantitative estimate of drug-likeness (QED) is 0.505. The average molecular weight is 300 g/mol. The first kappa shape index (κ1) is 13.9. The minimum Gasteiger partial charge on any atom is -0.427 e. The van der Waals surface area contributed by atoms with Crippen molar-refractivity contribution in [3.63, 3.8) is 0 Å². The van der Waals surface area contributed by atoms with Gasteiger partial charge in [-0.2, -0.15) is 9.37 Å². The SMILES string of the molecule is NNc1ncc(F)c(Oc2c(Cl)cccc2[N+](=O)[O-])n1. The van der Waals surface area contributed by atoms with Crippen LogP contribution in [0, 0.1) is 15.9 Å². The molecule has 0 fully saturated rings. The molecular formula is C10H7ClFN5O3. The number of nitrogens with one attached hydrogen (secondary N) is 1. The third kappa shape index (κ3) is 2.73. The van der Waals surface area contributed by atoms with E-state index in [1.54, 1.807) is 0 Å². The molecule has 1 aromatic carbocycles. The molecule has 10 heteroatoms. The Morgan fingerprint density at radius 1 is 1.50 bits per heavy atom. The van der Waals surface area contributed by atoms with Crippen molar-refractivity contribution in [3.05, 3.63) is 45.4 Å². The monoisotopic (exact) mass is 299 g/mol. The van der Waals surface area contributed by atoms with Gasteiger partial charge in [0.15, 0.2) is 0 Å². The Hall–Kier alpha value is -2.52. The van der Waals surface area contributed by atoms with Crippen LogP contribution in [0.15, 0.2) is 24.4 Å². The largest absolute Gasteiger partial charge is 0.427 e. The van der Waals surface area contributed by atoms with Gasteiger partial charge in [-0.15, -0.1) is 0 Å². The van der Waals surface area contributed by atoms with Gasteiger partial charge in [0.1, 0.15) is 0 Å². The molecule has 1 heterocycles. The van der Waals surface area contributed by atoms with E-state index in [0.29, 0.717) is 0 Å². The summed E-state index contributed by atoms with van der Waals surface area (Å²) in [5, 5.41) is 10.8. The fraction of sp³-hybridized carbons (Fsp3) is 0. The molecule has 0 radical (unpaired) electrons. The first-order valence-corrected chi connectivity index (χ1v) is 5.50. The van der Waals surface area contributed by atoms with Crippen molar-refractivity contribution in [2.24, 2.45) is 5.84 Å². The highest BCUT2D eigenvalue weighted by molar-refractivity contribution is 6.32. The molecule has 0 saturated carbocycles. The third-order valence-electron chi connectivity index (χ3n) is 2.18. The number of hydrogen-bond donors (Lipinski definition) is 2. The van der Waals surface area contributed by atoms with E-state index >= 15 is 0 Å². The number of anilines is 1. The number of ether oxygens (including phenoxy) is 1. The van der Waals surface area contributed by atoms with Crippen molar-refractivity contribution in [2.75, 3.05) is 5.43 Å². The maximum atomic E-state index is 13.5. The van der Waals surface area contributed by atoms with Crippen molar-refractivity contribution in [3.8, 4) is 11.6 Å². The zero-order valence-electron chi connectivity index (χ0n) is 9.71. The second-order valence-corrected chi connectivity index (χ2v) is 3.85. The molecule has 3 N–H and O–H groups in total. The molecular weight excluding hydrogens is 293 g/mol. The molecule has 0 aliphatic heterocycles. The van der Waals surface area contributed by atoms with Gasteiger partial charge < -0.3 is 4.74 Å². The van der Waals surface area contributed by atoms with E-state index in [-0.39, 0.29) is 16.7 Å². The zero-order valence-corrected chi connectivity index (χ0v) is 10.5. The fourth-order valence-corrected chi connectivity index (χ4v) is 1.54. The van der Waals surface area contributed by atoms with Gasteiger partial charge in [0, 0.05) is 6.07 Å². The lowest BCUT2D eigenvalue weighted by molar-refractivity contribution is -0.385. The number of hydrogen-bond acceptors (Lipinski definition) is 7. The number of nitro benzene ring substituents is 1. The van der Waals surface area contributed by atoms with Crippen LogP contribution in [-0.2, 0) is 0 Å². The first-order chi connectivity index (χ1) is 9.52. The molecule has 0 unspecified atom stereocenters. The highest BCUT2D eigenvalue weighted by Gasteiger charge is 2.21. The van der Waals surface area contributed by atoms with Crippen LogP contribution in [0.2, 0.25) is 5.02 Å². The van der Waals surface area contributed by atoms with E-state index in [0.717, 1.165) is 6.20 Å². The van der Waals surface area contributed by atoms with Gasteiger partial charge in [-0.1, -0.05) is 17.7 Å². The molecule has 20 heavy (non-hydrogen) atoms. The number of para-hydroxylation sites is 1. The van der Waals surface area contributed by atoms with Gasteiger partial charge in [-0.05, 0) is 6.07 Å². The van der Waals surface area contributed by atoms with E-state index in [1.807, 2.05) is 0 Å². The molecule has 2 rings (SSSR count). The van der Waals surface area contributed by atoms with Crippen LogP contribution in [0.5, 0.6) is 11.6 Å². The summed E-state index contributed by atoms with van der Waals surface area (Å²) < 4.78 is 18.6. The summed E-state index contributed by atoms with van der Waals surface area (Å²) in [6, 6.07) is 3.91. The molecule has 0 saturated heterocycles. The topological polar surface area (TPSA) is 116 Å². The second-order valence-electron chi connectivity index (χ2n) is 3.44. The number of hydrazine groups is 1. The minimum atomic E-state index is -0.918. The van der Waals surface area contributed by atoms with Gasteiger partial charge >= 0.3 is 5.69 Å². The number of benzene rings is 1. The molecule has 0 spiro atoms. The van der Waals surface area contributed by atoms with Crippen LogP contribution in [0.25, 0.3) is 0 Å². The Morgan fingerprint density at radius 3 is 2.90 bits per heavy atom. The van der Waals surface area contributed by atoms with Crippen LogP contribution in [0.4, 0.5) is 16.0 Å². The molecule has 0 bridgehead atoms. The zero-order chi connectivity index (χ0) is 14.7. The van der Waals surface area contributed by atoms with E-state index in [1.165, 1.54) is 18.2 Å². The van der Waals surface area contributed by atoms with Crippen molar-refractivity contribution >= 4 is 23.2 Å². The summed E-state index contributed by atoms with van der Waals surface area (Å²) in [6.07, 6.45) is 0.806. The van der Waals surface area contributed by atoms with E-state index in [4.69, 9.17) is 22.2 Å². The lowest BCUT2D eigenvalue weighted by Crippen LogP contribution is -2.11. The predicted octanol–water partition coefficient (Wildman–Crippen LogP) is 2.26. The maximum absolute atomic E-state index is 13.5. The van der Waals surface area contributed by atoms with Crippen molar-refractivity contribution < 1.29 is 14.1 Å². The molecule has 0 amide bonds. The highest BCUT2D eigenvalue weighted by atomic mass is 35.5. The van der Waals surface area contributed by atoms with Crippen molar-refractivity contribution in [2.45, 2.75) is 0 Å². The summed E-state index contributed by atoms with van der Waals surface area (Å²) in [5.41, 5.74) is 1.68. The Morgan fingerprint density at radius 2 is 2.25 bits per heavy atom. The molecule has 0 aliphatic carbocycles. The fourth-order valence-electron chi connectivity index (χ4n) is 1.33. The van der Waals surface area contributed by atoms with Crippen LogP contribution in [0.3, 0.4) is 0 Å². The highest BCUT2D eigenvalue weighted by Crippen LogP contribution is 2.37. The maximum Gasteiger partial charge on any atom is 0.313 e. The van der Waals surface area contributed by atoms with E-state index < -0.39 is 22.3 Å². The lowest BCUT2D eigenvalue weighted by Gasteiger charge is -2.08. The summed E-state index contributed by atoms with van der Waals surface area (Å²) in [5.74, 6) is 3.19. The summed E-state index contributed by atoms with van der Waals surface area (Å²) >= 11 is 5.81. The van der Waals surface area contributed by atoms with Gasteiger partial charge in [0.2, 0.25) is 17.5 Å². The van der Waals surface area contributed by atoms with Gasteiger partial charge in [0.05, 0.1) is 16.1 Å². The Balaban J connectivity index is 2.47. The number of halogens is 2. The van der Waals surface area contributed by atoms with Gasteiger partial charge in [0.25, 0.3) is 5.88 Å². The first-order valence-electron chi connectivity index (χ1n) is 5.13. The standard InChI is InChI=1S/C10H7ClFN5O3/c11-5-2-1-3-7(17(18)19)8(5)20-9-6(12)4-14-10(15-9)16-13/h1-4H,13H2,(H,14,15,16). The average Bonchev–Trinajstić information content (AvgIpc) is 2.43. The van der Waals surface area contributed by atoms with Crippen LogP contribution in [-0.4, -0.2) is 14.9 Å². The predicted molar refractivity (Wildman–Crippen MR) is 68.0 cm³/mol. The Labute approximate surface area is 116 Å². The second kappa shape index (κ2) is 5.63. The smallest absolute Gasteiger partial charge is 0.313 e. The van der Waals surface area contributed by atoms with Crippen LogP contribution in [0.1, 0.15) is 0 Å².